The lowest BCUT2D eigenvalue weighted by molar-refractivity contribution is 0.00409. The lowest BCUT2D eigenvalue weighted by Crippen LogP contribution is -2.59. The normalized spacial score (nSPS) is 15.7. The third-order valence-electron chi connectivity index (χ3n) is 8.98. The summed E-state index contributed by atoms with van der Waals surface area (Å²) in [5.41, 5.74) is -20.8. The molecule has 0 saturated carbocycles. The maximum atomic E-state index is 13.2. The number of benzene rings is 2. The van der Waals surface area contributed by atoms with Crippen LogP contribution in [0.25, 0.3) is 0 Å². The van der Waals surface area contributed by atoms with Gasteiger partial charge in [0, 0.05) is 25.2 Å². The predicted molar refractivity (Wildman–Crippen MR) is 234 cm³/mol. The molecule has 0 aliphatic carbocycles. The average Bonchev–Trinajstić information content (AvgIpc) is 3.08. The molecule has 20 N–H and O–H groups in total. The smallest absolute Gasteiger partial charge is 0.355 e. The second-order valence-electron chi connectivity index (χ2n) is 14.8. The molecular formula is C25H49N3O32P10. The van der Waals surface area contributed by atoms with Crippen molar-refractivity contribution in [3.8, 4) is 0 Å². The van der Waals surface area contributed by atoms with E-state index in [2.05, 4.69) is 0 Å². The number of nitrogens with zero attached hydrogens (tertiary/aromatic N) is 3. The fraction of sp³-hybridized carbons (Fsp3) is 0.520. The second kappa shape index (κ2) is 24.4. The van der Waals surface area contributed by atoms with E-state index < -0.39 is 170 Å². The van der Waals surface area contributed by atoms with E-state index in [1.807, 2.05) is 0 Å². The Morgan fingerprint density at radius 3 is 0.714 bits per heavy atom. The summed E-state index contributed by atoms with van der Waals surface area (Å²) in [5, 5.41) is 0. The summed E-state index contributed by atoms with van der Waals surface area (Å²) in [4.78, 5) is 204. The molecule has 2 rings (SSSR count). The van der Waals surface area contributed by atoms with Crippen molar-refractivity contribution in [2.24, 2.45) is 0 Å². The van der Waals surface area contributed by atoms with Crippen LogP contribution in [0.3, 0.4) is 0 Å². The highest BCUT2D eigenvalue weighted by atomic mass is 31.3. The zero-order valence-electron chi connectivity index (χ0n) is 34.7. The molecule has 45 heteroatoms. The minimum atomic E-state index is -6.89. The lowest BCUT2D eigenvalue weighted by Gasteiger charge is -2.47. The van der Waals surface area contributed by atoms with Crippen molar-refractivity contribution in [1.82, 2.24) is 14.7 Å². The molecule has 2 aromatic rings. The monoisotopic (exact) mass is 1210 g/mol. The molecule has 0 aromatic heterocycles. The molecule has 0 aliphatic heterocycles. The van der Waals surface area contributed by atoms with Crippen molar-refractivity contribution in [3.63, 3.8) is 0 Å². The van der Waals surface area contributed by atoms with E-state index in [9.17, 15) is 144 Å². The molecule has 70 heavy (non-hydrogen) atoms. The first-order valence-corrected chi connectivity index (χ1v) is 35.0. The van der Waals surface area contributed by atoms with Crippen molar-refractivity contribution in [3.05, 3.63) is 71.8 Å². The molecule has 0 spiro atoms. The SMILES string of the molecule is O=P(O)(O)C(N(CC(COCc1ccccc1)N(C(P(=O)(O)O)P(=O)(O)O)C(P(=O)(O)O)P(=O)(O)O)CC(COCc1ccccc1)N(C(P(=O)(O)O)P(=O)(O)O)C(P(=O)(O)O)P(=O)(O)O)P(=O)(O)O. The first kappa shape index (κ1) is 65.9. The molecule has 2 atom stereocenters. The molecule has 0 saturated heterocycles. The van der Waals surface area contributed by atoms with Crippen LogP contribution in [0.15, 0.2) is 60.7 Å². The van der Waals surface area contributed by atoms with Crippen molar-refractivity contribution < 1.29 is 153 Å². The molecule has 0 radical (unpaired) electrons. The standard InChI is InChI=1S/C25H49N3O32P10/c29-61(30,31)21(62(32,33)34)26(11-19(15-59-13-17-7-3-1-4-8-17)27(22(63(35,36)37)64(38,39)40)23(65(41,42)43)66(44,45)46)12-20(16-60-14-18-9-5-2-6-10-18)28(24(67(47,48)49)68(50,51)52)25(69(53,54)55)70(56,57)58/h1-10,19-25H,11-16H2,(H2,29,30,31)(H2,32,33,34)(H2,35,36,37)(H2,38,39,40)(H2,41,42,43)(H2,44,45,46)(H2,47,48,49)(H2,50,51,52)(H2,53,54,55)(H2,56,57,58). The van der Waals surface area contributed by atoms with Crippen LogP contribution in [0.4, 0.5) is 0 Å². The van der Waals surface area contributed by atoms with Crippen LogP contribution in [0.2, 0.25) is 0 Å². The fourth-order valence-corrected chi connectivity index (χ4v) is 22.1. The number of ether oxygens (including phenoxy) is 2. The Morgan fingerprint density at radius 2 is 0.529 bits per heavy atom. The third kappa shape index (κ3) is 19.7. The zero-order chi connectivity index (χ0) is 54.7. The summed E-state index contributed by atoms with van der Waals surface area (Å²) in [6.07, 6.45) is 0. The van der Waals surface area contributed by atoms with Crippen LogP contribution in [0.1, 0.15) is 11.1 Å². The molecule has 0 amide bonds. The minimum absolute atomic E-state index is 0.0594. The predicted octanol–water partition coefficient (Wildman–Crippen LogP) is -1.74. The largest absolute Gasteiger partial charge is 0.375 e. The van der Waals surface area contributed by atoms with Crippen LogP contribution >= 0.6 is 76.0 Å². The molecule has 0 aliphatic rings. The summed E-state index contributed by atoms with van der Waals surface area (Å²) >= 11 is 0. The van der Waals surface area contributed by atoms with E-state index >= 15 is 0 Å². The number of hydrogen-bond acceptors (Lipinski definition) is 15. The van der Waals surface area contributed by atoms with Gasteiger partial charge in [0.2, 0.25) is 27.6 Å². The quantitative estimate of drug-likeness (QED) is 0.0402. The van der Waals surface area contributed by atoms with Crippen LogP contribution < -0.4 is 0 Å². The van der Waals surface area contributed by atoms with Crippen molar-refractivity contribution in [2.75, 3.05) is 26.3 Å². The maximum Gasteiger partial charge on any atom is 0.355 e. The van der Waals surface area contributed by atoms with E-state index in [-0.39, 0.29) is 11.1 Å². The molecule has 406 valence electrons. The first-order valence-electron chi connectivity index (χ1n) is 18.2. The molecular weight excluding hydrogens is 1160 g/mol. The summed E-state index contributed by atoms with van der Waals surface area (Å²) in [7, 11) is -68.8. The van der Waals surface area contributed by atoms with Gasteiger partial charge in [-0.15, -0.1) is 0 Å². The number of hydrogen-bond donors (Lipinski definition) is 20. The summed E-state index contributed by atoms with van der Waals surface area (Å²) < 4.78 is 141. The van der Waals surface area contributed by atoms with Gasteiger partial charge in [0.25, 0.3) is 0 Å². The Hall–Kier alpha value is -0.260. The molecule has 2 aromatic carbocycles. The Kier molecular flexibility index (Phi) is 22.9. The van der Waals surface area contributed by atoms with Crippen LogP contribution in [-0.2, 0) is 68.3 Å². The van der Waals surface area contributed by atoms with Gasteiger partial charge in [0.05, 0.1) is 26.4 Å². The maximum absolute atomic E-state index is 13.2. The van der Waals surface area contributed by atoms with Crippen molar-refractivity contribution in [2.45, 2.75) is 52.9 Å². The summed E-state index contributed by atoms with van der Waals surface area (Å²) in [5.74, 6) is 0. The Bertz CT molecular complexity index is 2200. The highest BCUT2D eigenvalue weighted by Gasteiger charge is 2.63. The van der Waals surface area contributed by atoms with Gasteiger partial charge in [-0.25, -0.2) is 9.80 Å². The van der Waals surface area contributed by atoms with Gasteiger partial charge >= 0.3 is 76.0 Å². The Morgan fingerprint density at radius 1 is 0.329 bits per heavy atom. The summed E-state index contributed by atoms with van der Waals surface area (Å²) in [6.45, 7) is -9.76. The highest BCUT2D eigenvalue weighted by molar-refractivity contribution is 7.73. The average molecular weight is 1210 g/mol. The Balaban J connectivity index is 3.42. The molecule has 0 fully saturated rings. The van der Waals surface area contributed by atoms with E-state index in [0.29, 0.717) is 0 Å². The third-order valence-corrected chi connectivity index (χ3v) is 26.8. The molecule has 35 nitrogen and oxygen atoms in total. The second-order valence-corrected chi connectivity index (χ2v) is 33.5. The summed E-state index contributed by atoms with van der Waals surface area (Å²) in [6, 6.07) is 6.77. The minimum Gasteiger partial charge on any atom is -0.375 e. The van der Waals surface area contributed by atoms with Gasteiger partial charge in [-0.05, 0) is 11.1 Å². The van der Waals surface area contributed by atoms with E-state index in [4.69, 9.17) is 9.47 Å². The lowest BCUT2D eigenvalue weighted by atomic mass is 10.2. The van der Waals surface area contributed by atoms with Gasteiger partial charge in [-0.2, -0.15) is 0 Å². The van der Waals surface area contributed by atoms with Crippen LogP contribution in [0, 0.1) is 0 Å². The van der Waals surface area contributed by atoms with Gasteiger partial charge in [0.1, 0.15) is 0 Å². The van der Waals surface area contributed by atoms with Gasteiger partial charge in [-0.3, -0.25) is 50.6 Å². The van der Waals surface area contributed by atoms with Gasteiger partial charge in [0.15, 0.2) is 0 Å². The van der Waals surface area contributed by atoms with Gasteiger partial charge in [-0.1, -0.05) is 60.7 Å². The van der Waals surface area contributed by atoms with E-state index in [0.717, 1.165) is 0 Å². The highest BCUT2D eigenvalue weighted by Crippen LogP contribution is 2.71. The number of rotatable bonds is 29. The molecule has 0 heterocycles. The zero-order valence-corrected chi connectivity index (χ0v) is 43.7. The fourth-order valence-electron chi connectivity index (χ4n) is 6.83. The van der Waals surface area contributed by atoms with Crippen LogP contribution in [0.5, 0.6) is 0 Å². The Labute approximate surface area is 393 Å². The van der Waals surface area contributed by atoms with E-state index in [1.165, 1.54) is 60.7 Å². The van der Waals surface area contributed by atoms with Gasteiger partial charge < -0.3 is 107 Å². The van der Waals surface area contributed by atoms with E-state index in [1.54, 1.807) is 0 Å². The first-order chi connectivity index (χ1) is 31.1. The van der Waals surface area contributed by atoms with Crippen molar-refractivity contribution >= 4 is 76.0 Å². The van der Waals surface area contributed by atoms with Crippen LogP contribution in [-0.4, -0.2) is 179 Å². The topological polar surface area (TPSA) is 603 Å². The molecule has 0 bridgehead atoms. The molecule has 2 unspecified atom stereocenters. The van der Waals surface area contributed by atoms with Crippen molar-refractivity contribution in [1.29, 1.82) is 0 Å².